The lowest BCUT2D eigenvalue weighted by Crippen LogP contribution is -2.40. The molecule has 2 aromatic carbocycles. The molecule has 0 radical (unpaired) electrons. The molecule has 0 aromatic heterocycles. The van der Waals surface area contributed by atoms with E-state index in [0.717, 1.165) is 5.56 Å². The molecule has 1 spiro atoms. The standard InChI is InChI=1S/C22H19NO4/c1-3-14-12-22(20(24)16-6-4-5-7-17(16)21(22)25)18(19(14)23(26)27)15-10-8-13(2)9-11-15/h3-11,14,18-19H,1,12H2,2H3/t14-,18+,19-/m1/s1. The molecule has 4 rings (SSSR count). The number of nitro groups is 1. The Morgan fingerprint density at radius 3 is 2.11 bits per heavy atom. The number of carbonyl (C=O) groups is 2. The summed E-state index contributed by atoms with van der Waals surface area (Å²) in [7, 11) is 0. The van der Waals surface area contributed by atoms with E-state index in [-0.39, 0.29) is 22.9 Å². The van der Waals surface area contributed by atoms with E-state index < -0.39 is 23.3 Å². The number of ketones is 2. The van der Waals surface area contributed by atoms with E-state index >= 15 is 0 Å². The molecule has 0 unspecified atom stereocenters. The van der Waals surface area contributed by atoms with Crippen LogP contribution in [0.3, 0.4) is 0 Å². The van der Waals surface area contributed by atoms with Crippen molar-refractivity contribution >= 4 is 11.6 Å². The maximum atomic E-state index is 13.4. The van der Waals surface area contributed by atoms with Crippen LogP contribution in [-0.4, -0.2) is 22.5 Å². The molecule has 1 saturated carbocycles. The lowest BCUT2D eigenvalue weighted by molar-refractivity contribution is -0.530. The van der Waals surface area contributed by atoms with Crippen LogP contribution in [0.5, 0.6) is 0 Å². The van der Waals surface area contributed by atoms with E-state index in [9.17, 15) is 19.7 Å². The van der Waals surface area contributed by atoms with E-state index in [1.807, 2.05) is 19.1 Å². The first kappa shape index (κ1) is 17.3. The summed E-state index contributed by atoms with van der Waals surface area (Å²) in [6, 6.07) is 13.0. The van der Waals surface area contributed by atoms with Gasteiger partial charge in [0.15, 0.2) is 11.6 Å². The molecule has 136 valence electrons. The number of aryl methyl sites for hydroxylation is 1. The molecule has 3 atom stereocenters. The molecule has 2 aliphatic carbocycles. The second-order valence-corrected chi connectivity index (χ2v) is 7.44. The lowest BCUT2D eigenvalue weighted by Gasteiger charge is -2.28. The van der Waals surface area contributed by atoms with Crippen LogP contribution in [0.4, 0.5) is 0 Å². The minimum absolute atomic E-state index is 0.118. The first-order valence-electron chi connectivity index (χ1n) is 8.93. The topological polar surface area (TPSA) is 77.3 Å². The van der Waals surface area contributed by atoms with Gasteiger partial charge in [-0.3, -0.25) is 19.7 Å². The van der Waals surface area contributed by atoms with E-state index in [1.165, 1.54) is 6.08 Å². The first-order valence-corrected chi connectivity index (χ1v) is 8.93. The van der Waals surface area contributed by atoms with Gasteiger partial charge in [0.2, 0.25) is 6.04 Å². The highest BCUT2D eigenvalue weighted by molar-refractivity contribution is 6.30. The Kier molecular flexibility index (Phi) is 3.84. The smallest absolute Gasteiger partial charge is 0.227 e. The Labute approximate surface area is 156 Å². The summed E-state index contributed by atoms with van der Waals surface area (Å²) in [5, 5.41) is 12.0. The van der Waals surface area contributed by atoms with Gasteiger partial charge in [-0.15, -0.1) is 6.58 Å². The monoisotopic (exact) mass is 361 g/mol. The van der Waals surface area contributed by atoms with Crippen LogP contribution in [0.15, 0.2) is 61.2 Å². The van der Waals surface area contributed by atoms with Crippen LogP contribution in [0.1, 0.15) is 44.2 Å². The second kappa shape index (κ2) is 5.98. The molecule has 0 N–H and O–H groups in total. The van der Waals surface area contributed by atoms with Gasteiger partial charge in [-0.1, -0.05) is 60.2 Å². The maximum Gasteiger partial charge on any atom is 0.227 e. The van der Waals surface area contributed by atoms with Crippen molar-refractivity contribution in [3.8, 4) is 0 Å². The molecular formula is C22H19NO4. The van der Waals surface area contributed by atoms with Gasteiger partial charge in [-0.05, 0) is 18.9 Å². The molecule has 0 amide bonds. The SMILES string of the molecule is C=C[C@@H]1CC2(C(=O)c3ccccc3C2=O)[C@@H](c2ccc(C)cc2)[C@@H]1[N+](=O)[O-]. The van der Waals surface area contributed by atoms with Crippen molar-refractivity contribution in [2.45, 2.75) is 25.3 Å². The molecule has 1 fully saturated rings. The molecular weight excluding hydrogens is 342 g/mol. The van der Waals surface area contributed by atoms with Gasteiger partial charge in [-0.2, -0.15) is 0 Å². The van der Waals surface area contributed by atoms with Crippen LogP contribution in [-0.2, 0) is 0 Å². The predicted molar refractivity (Wildman–Crippen MR) is 101 cm³/mol. The van der Waals surface area contributed by atoms with Gasteiger partial charge < -0.3 is 0 Å². The van der Waals surface area contributed by atoms with Gasteiger partial charge in [0.1, 0.15) is 5.41 Å². The fraction of sp³-hybridized carbons (Fsp3) is 0.273. The van der Waals surface area contributed by atoms with Gasteiger partial charge in [0, 0.05) is 22.0 Å². The van der Waals surface area contributed by atoms with E-state index in [4.69, 9.17) is 0 Å². The number of nitrogens with zero attached hydrogens (tertiary/aromatic N) is 1. The second-order valence-electron chi connectivity index (χ2n) is 7.44. The van der Waals surface area contributed by atoms with Gasteiger partial charge in [0.25, 0.3) is 0 Å². The van der Waals surface area contributed by atoms with Crippen molar-refractivity contribution in [1.82, 2.24) is 0 Å². The zero-order chi connectivity index (χ0) is 19.3. The highest BCUT2D eigenvalue weighted by Crippen LogP contribution is 2.59. The van der Waals surface area contributed by atoms with E-state index in [2.05, 4.69) is 6.58 Å². The molecule has 2 aliphatic rings. The third-order valence-electron chi connectivity index (χ3n) is 6.08. The van der Waals surface area contributed by atoms with Crippen LogP contribution in [0.25, 0.3) is 0 Å². The fourth-order valence-corrected chi connectivity index (χ4v) is 4.85. The number of rotatable bonds is 3. The van der Waals surface area contributed by atoms with Gasteiger partial charge in [0.05, 0.1) is 5.92 Å². The lowest BCUT2D eigenvalue weighted by atomic mass is 9.70. The number of fused-ring (bicyclic) bond motifs is 1. The predicted octanol–water partition coefficient (Wildman–Crippen LogP) is 4.00. The summed E-state index contributed by atoms with van der Waals surface area (Å²) >= 11 is 0. The zero-order valence-electron chi connectivity index (χ0n) is 14.9. The summed E-state index contributed by atoms with van der Waals surface area (Å²) in [5.41, 5.74) is 0.963. The van der Waals surface area contributed by atoms with Crippen molar-refractivity contribution in [2.75, 3.05) is 0 Å². The van der Waals surface area contributed by atoms with Gasteiger partial charge in [-0.25, -0.2) is 0 Å². The maximum absolute atomic E-state index is 13.4. The molecule has 27 heavy (non-hydrogen) atoms. The minimum Gasteiger partial charge on any atom is -0.293 e. The quantitative estimate of drug-likeness (QED) is 0.358. The van der Waals surface area contributed by atoms with Crippen LogP contribution in [0, 0.1) is 28.4 Å². The Bertz CT molecular complexity index is 941. The highest BCUT2D eigenvalue weighted by atomic mass is 16.6. The Morgan fingerprint density at radius 2 is 1.63 bits per heavy atom. The Morgan fingerprint density at radius 1 is 1.07 bits per heavy atom. The fourth-order valence-electron chi connectivity index (χ4n) is 4.85. The normalized spacial score (nSPS) is 25.6. The van der Waals surface area contributed by atoms with Crippen molar-refractivity contribution in [3.05, 3.63) is 93.6 Å². The summed E-state index contributed by atoms with van der Waals surface area (Å²) in [6.45, 7) is 5.67. The summed E-state index contributed by atoms with van der Waals surface area (Å²) in [5.74, 6) is -1.97. The molecule has 2 aromatic rings. The average molecular weight is 361 g/mol. The molecule has 0 aliphatic heterocycles. The number of hydrogen-bond acceptors (Lipinski definition) is 4. The highest BCUT2D eigenvalue weighted by Gasteiger charge is 2.68. The molecule has 5 nitrogen and oxygen atoms in total. The van der Waals surface area contributed by atoms with Crippen LogP contribution < -0.4 is 0 Å². The third-order valence-corrected chi connectivity index (χ3v) is 6.08. The number of benzene rings is 2. The largest absolute Gasteiger partial charge is 0.293 e. The van der Waals surface area contributed by atoms with Gasteiger partial charge >= 0.3 is 0 Å². The van der Waals surface area contributed by atoms with Crippen LogP contribution in [0.2, 0.25) is 0 Å². The summed E-state index contributed by atoms with van der Waals surface area (Å²) < 4.78 is 0. The first-order chi connectivity index (χ1) is 12.9. The zero-order valence-corrected chi connectivity index (χ0v) is 14.9. The van der Waals surface area contributed by atoms with E-state index in [0.29, 0.717) is 16.7 Å². The van der Waals surface area contributed by atoms with Crippen molar-refractivity contribution in [3.63, 3.8) is 0 Å². The summed E-state index contributed by atoms with van der Waals surface area (Å²) in [4.78, 5) is 38.5. The van der Waals surface area contributed by atoms with Crippen LogP contribution >= 0.6 is 0 Å². The number of carbonyl (C=O) groups excluding carboxylic acids is 2. The van der Waals surface area contributed by atoms with Crippen molar-refractivity contribution < 1.29 is 14.5 Å². The average Bonchev–Trinajstić information content (AvgIpc) is 3.13. The third kappa shape index (κ3) is 2.24. The Balaban J connectivity index is 1.97. The molecule has 0 saturated heterocycles. The minimum atomic E-state index is -1.43. The van der Waals surface area contributed by atoms with Crippen molar-refractivity contribution in [1.29, 1.82) is 0 Å². The molecule has 0 bridgehead atoms. The molecule has 0 heterocycles. The molecule has 5 heteroatoms. The number of hydrogen-bond donors (Lipinski definition) is 0. The van der Waals surface area contributed by atoms with E-state index in [1.54, 1.807) is 36.4 Å². The summed E-state index contributed by atoms with van der Waals surface area (Å²) in [6.07, 6.45) is 1.64. The van der Waals surface area contributed by atoms with Crippen molar-refractivity contribution in [2.24, 2.45) is 11.3 Å². The number of Topliss-reactive ketones (excluding diaryl/α,β-unsaturated/α-hetero) is 2. The Hall–Kier alpha value is -3.08.